The van der Waals surface area contributed by atoms with Gasteiger partial charge in [0.2, 0.25) is 10.0 Å². The van der Waals surface area contributed by atoms with E-state index in [1.165, 1.54) is 0 Å². The van der Waals surface area contributed by atoms with Gasteiger partial charge in [0, 0.05) is 12.6 Å². The molecule has 0 aliphatic carbocycles. The van der Waals surface area contributed by atoms with Gasteiger partial charge in [-0.3, -0.25) is 0 Å². The summed E-state index contributed by atoms with van der Waals surface area (Å²) in [5.74, 6) is 0.901. The first kappa shape index (κ1) is 18.1. The Kier molecular flexibility index (Phi) is 4.77. The summed E-state index contributed by atoms with van der Waals surface area (Å²) in [6, 6.07) is 5.48. The molecule has 1 atom stereocenters. The van der Waals surface area contributed by atoms with Gasteiger partial charge in [0.25, 0.3) is 0 Å². The summed E-state index contributed by atoms with van der Waals surface area (Å²) < 4.78 is 33.8. The van der Waals surface area contributed by atoms with E-state index < -0.39 is 10.0 Å². The van der Waals surface area contributed by atoms with Crippen molar-refractivity contribution >= 4 is 10.0 Å². The molecule has 25 heavy (non-hydrogen) atoms. The maximum absolute atomic E-state index is 13.4. The van der Waals surface area contributed by atoms with Crippen molar-refractivity contribution in [1.29, 1.82) is 0 Å². The zero-order valence-electron chi connectivity index (χ0n) is 15.5. The molecule has 6 heteroatoms. The van der Waals surface area contributed by atoms with Crippen LogP contribution >= 0.6 is 0 Å². The van der Waals surface area contributed by atoms with E-state index in [0.29, 0.717) is 17.2 Å². The summed E-state index contributed by atoms with van der Waals surface area (Å²) in [4.78, 5) is 0.425. The summed E-state index contributed by atoms with van der Waals surface area (Å²) in [6.07, 6.45) is 1.58. The van der Waals surface area contributed by atoms with Gasteiger partial charge >= 0.3 is 0 Å². The van der Waals surface area contributed by atoms with Crippen LogP contribution in [-0.2, 0) is 10.0 Å². The molecule has 1 saturated heterocycles. The van der Waals surface area contributed by atoms with Crippen LogP contribution in [0.25, 0.3) is 0 Å². The Hall–Kier alpha value is -1.66. The van der Waals surface area contributed by atoms with Crippen molar-refractivity contribution < 1.29 is 12.9 Å². The van der Waals surface area contributed by atoms with E-state index in [4.69, 9.17) is 4.52 Å². The van der Waals surface area contributed by atoms with E-state index in [2.05, 4.69) is 5.16 Å². The minimum absolute atomic E-state index is 0.255. The Bertz CT molecular complexity index is 861. The number of hydrogen-bond donors (Lipinski definition) is 0. The molecule has 0 unspecified atom stereocenters. The molecule has 1 aromatic carbocycles. The minimum atomic E-state index is -3.58. The molecule has 2 heterocycles. The molecule has 2 aromatic rings. The first-order chi connectivity index (χ1) is 11.7. The van der Waals surface area contributed by atoms with E-state index >= 15 is 0 Å². The van der Waals surface area contributed by atoms with Crippen LogP contribution < -0.4 is 0 Å². The zero-order valence-corrected chi connectivity index (χ0v) is 16.4. The molecule has 0 amide bonds. The SMILES string of the molecule is Cc1cc(C)c(S(=O)(=O)N2CCC[C@@H]2c2cc(C(C)C)no2)c(C)c1. The molecule has 0 radical (unpaired) electrons. The van der Waals surface area contributed by atoms with Crippen LogP contribution in [0.5, 0.6) is 0 Å². The lowest BCUT2D eigenvalue weighted by Gasteiger charge is -2.24. The molecule has 1 aliphatic heterocycles. The Morgan fingerprint density at radius 2 is 1.80 bits per heavy atom. The Morgan fingerprint density at radius 3 is 2.36 bits per heavy atom. The molecule has 5 nitrogen and oxygen atoms in total. The third-order valence-corrected chi connectivity index (χ3v) is 7.06. The summed E-state index contributed by atoms with van der Waals surface area (Å²) in [5.41, 5.74) is 3.53. The highest BCUT2D eigenvalue weighted by atomic mass is 32.2. The van der Waals surface area contributed by atoms with E-state index in [0.717, 1.165) is 35.2 Å². The van der Waals surface area contributed by atoms with Gasteiger partial charge in [0.05, 0.1) is 16.6 Å². The van der Waals surface area contributed by atoms with Crippen LogP contribution in [-0.4, -0.2) is 24.4 Å². The molecule has 0 spiro atoms. The Labute approximate surface area is 150 Å². The highest BCUT2D eigenvalue weighted by Gasteiger charge is 2.39. The number of aromatic nitrogens is 1. The van der Waals surface area contributed by atoms with Gasteiger partial charge in [-0.2, -0.15) is 4.31 Å². The monoisotopic (exact) mass is 362 g/mol. The molecule has 3 rings (SSSR count). The summed E-state index contributed by atoms with van der Waals surface area (Å²) in [7, 11) is -3.58. The van der Waals surface area contributed by atoms with Gasteiger partial charge in [-0.1, -0.05) is 36.7 Å². The number of hydrogen-bond acceptors (Lipinski definition) is 4. The molecular formula is C19H26N2O3S. The van der Waals surface area contributed by atoms with Gasteiger partial charge in [-0.15, -0.1) is 0 Å². The van der Waals surface area contributed by atoms with Crippen LogP contribution in [0.2, 0.25) is 0 Å². The maximum Gasteiger partial charge on any atom is 0.244 e. The van der Waals surface area contributed by atoms with Gasteiger partial charge in [-0.25, -0.2) is 8.42 Å². The van der Waals surface area contributed by atoms with Crippen LogP contribution in [0, 0.1) is 20.8 Å². The van der Waals surface area contributed by atoms with Gasteiger partial charge in [-0.05, 0) is 50.7 Å². The smallest absolute Gasteiger partial charge is 0.244 e. The fourth-order valence-electron chi connectivity index (χ4n) is 3.74. The van der Waals surface area contributed by atoms with Crippen molar-refractivity contribution in [3.05, 3.63) is 46.3 Å². The third-order valence-electron chi connectivity index (χ3n) is 4.84. The van der Waals surface area contributed by atoms with Crippen molar-refractivity contribution in [3.63, 3.8) is 0 Å². The molecule has 1 fully saturated rings. The van der Waals surface area contributed by atoms with Crippen molar-refractivity contribution in [2.75, 3.05) is 6.54 Å². The van der Waals surface area contributed by atoms with Crippen molar-refractivity contribution in [3.8, 4) is 0 Å². The number of nitrogens with zero attached hydrogens (tertiary/aromatic N) is 2. The summed E-state index contributed by atoms with van der Waals surface area (Å²) in [5, 5.41) is 4.10. The van der Waals surface area contributed by atoms with Crippen LogP contribution in [0.4, 0.5) is 0 Å². The fraction of sp³-hybridized carbons (Fsp3) is 0.526. The predicted molar refractivity (Wildman–Crippen MR) is 97.1 cm³/mol. The standard InChI is InChI=1S/C19H26N2O3S/c1-12(2)16-11-18(24-20-16)17-7-6-8-21(17)25(22,23)19-14(4)9-13(3)10-15(19)5/h9-12,17H,6-8H2,1-5H3/t17-/m1/s1. The van der Waals surface area contributed by atoms with Gasteiger partial charge in [0.15, 0.2) is 5.76 Å². The summed E-state index contributed by atoms with van der Waals surface area (Å²) in [6.45, 7) is 10.3. The van der Waals surface area contributed by atoms with Crippen molar-refractivity contribution in [2.45, 2.75) is 64.3 Å². The Balaban J connectivity index is 2.01. The topological polar surface area (TPSA) is 63.4 Å². The lowest BCUT2D eigenvalue weighted by atomic mass is 10.1. The first-order valence-electron chi connectivity index (χ1n) is 8.78. The average Bonchev–Trinajstić information content (AvgIpc) is 3.15. The van der Waals surface area contributed by atoms with Crippen LogP contribution in [0.15, 0.2) is 27.6 Å². The maximum atomic E-state index is 13.4. The quantitative estimate of drug-likeness (QED) is 0.816. The lowest BCUT2D eigenvalue weighted by Crippen LogP contribution is -2.31. The minimum Gasteiger partial charge on any atom is -0.359 e. The number of sulfonamides is 1. The van der Waals surface area contributed by atoms with E-state index in [1.54, 1.807) is 4.31 Å². The van der Waals surface area contributed by atoms with Crippen molar-refractivity contribution in [1.82, 2.24) is 9.46 Å². The molecule has 1 aliphatic rings. The zero-order chi connectivity index (χ0) is 18.4. The molecular weight excluding hydrogens is 336 g/mol. The molecule has 1 aromatic heterocycles. The molecule has 0 bridgehead atoms. The second-order valence-corrected chi connectivity index (χ2v) is 9.14. The van der Waals surface area contributed by atoms with E-state index in [1.807, 2.05) is 52.8 Å². The fourth-order valence-corrected chi connectivity index (χ4v) is 5.82. The number of benzene rings is 1. The molecule has 0 N–H and O–H groups in total. The summed E-state index contributed by atoms with van der Waals surface area (Å²) >= 11 is 0. The molecule has 136 valence electrons. The normalized spacial score (nSPS) is 19.0. The number of aryl methyl sites for hydroxylation is 3. The number of rotatable bonds is 4. The predicted octanol–water partition coefficient (Wildman–Crippen LogP) is 4.25. The van der Waals surface area contributed by atoms with Gasteiger partial charge < -0.3 is 4.52 Å². The van der Waals surface area contributed by atoms with Crippen LogP contribution in [0.1, 0.15) is 66.8 Å². The second-order valence-electron chi connectivity index (χ2n) is 7.31. The van der Waals surface area contributed by atoms with E-state index in [-0.39, 0.29) is 12.0 Å². The van der Waals surface area contributed by atoms with E-state index in [9.17, 15) is 8.42 Å². The second kappa shape index (κ2) is 6.57. The first-order valence-corrected chi connectivity index (χ1v) is 10.2. The van der Waals surface area contributed by atoms with Gasteiger partial charge in [0.1, 0.15) is 0 Å². The molecule has 0 saturated carbocycles. The highest BCUT2D eigenvalue weighted by Crippen LogP contribution is 2.38. The van der Waals surface area contributed by atoms with Crippen molar-refractivity contribution in [2.24, 2.45) is 0 Å². The van der Waals surface area contributed by atoms with Crippen LogP contribution in [0.3, 0.4) is 0 Å². The Morgan fingerprint density at radius 1 is 1.16 bits per heavy atom. The largest absolute Gasteiger partial charge is 0.359 e. The third kappa shape index (κ3) is 3.25. The highest BCUT2D eigenvalue weighted by molar-refractivity contribution is 7.89. The lowest BCUT2D eigenvalue weighted by molar-refractivity contribution is 0.295. The average molecular weight is 362 g/mol.